The maximum absolute atomic E-state index is 5.39. The molecule has 0 spiro atoms. The van der Waals surface area contributed by atoms with Crippen molar-refractivity contribution in [2.45, 2.75) is 13.3 Å². The number of rotatable bonds is 7. The number of nitrogens with one attached hydrogen (secondary N) is 2. The molecule has 28 heavy (non-hydrogen) atoms. The normalized spacial score (nSPS) is 11.0. The number of H-pyrrole nitrogens is 1. The Balaban J connectivity index is 1.58. The Morgan fingerprint density at radius 3 is 2.75 bits per heavy atom. The molecule has 0 saturated heterocycles. The van der Waals surface area contributed by atoms with Crippen molar-refractivity contribution in [1.29, 1.82) is 0 Å². The van der Waals surface area contributed by atoms with Crippen molar-refractivity contribution >= 4 is 11.5 Å². The molecule has 0 radical (unpaired) electrons. The molecule has 0 unspecified atom stereocenters. The van der Waals surface area contributed by atoms with Crippen LogP contribution in [0.4, 0.5) is 5.82 Å². The first-order chi connectivity index (χ1) is 13.7. The van der Waals surface area contributed by atoms with Gasteiger partial charge in [0.25, 0.3) is 0 Å². The van der Waals surface area contributed by atoms with E-state index in [1.807, 2.05) is 35.7 Å². The average Bonchev–Trinajstić information content (AvgIpc) is 3.31. The van der Waals surface area contributed by atoms with Gasteiger partial charge in [0.15, 0.2) is 17.1 Å². The zero-order valence-corrected chi connectivity index (χ0v) is 16.1. The third-order valence-corrected chi connectivity index (χ3v) is 4.54. The fraction of sp³-hybridized carbons (Fsp3) is 0.250. The van der Waals surface area contributed by atoms with Gasteiger partial charge in [-0.25, -0.2) is 9.97 Å². The number of imidazole rings is 2. The Hall–Kier alpha value is -3.55. The SMILES string of the molecule is COc1ccc(CCNc2c(-c3cnc(C)[nH]3)nc3cnccn23)cc1OC. The Morgan fingerprint density at radius 1 is 1.14 bits per heavy atom. The van der Waals surface area contributed by atoms with E-state index >= 15 is 0 Å². The third-order valence-electron chi connectivity index (χ3n) is 4.54. The van der Waals surface area contributed by atoms with Crippen LogP contribution in [0.3, 0.4) is 0 Å². The number of aromatic nitrogens is 5. The third kappa shape index (κ3) is 3.36. The summed E-state index contributed by atoms with van der Waals surface area (Å²) >= 11 is 0. The van der Waals surface area contributed by atoms with Crippen molar-refractivity contribution in [3.05, 3.63) is 54.4 Å². The number of methoxy groups -OCH3 is 2. The quantitative estimate of drug-likeness (QED) is 0.514. The minimum atomic E-state index is 0.727. The van der Waals surface area contributed by atoms with Crippen molar-refractivity contribution < 1.29 is 9.47 Å². The molecular weight excluding hydrogens is 356 g/mol. The molecule has 4 aromatic rings. The summed E-state index contributed by atoms with van der Waals surface area (Å²) in [5.74, 6) is 3.21. The Morgan fingerprint density at radius 2 is 2.00 bits per heavy atom. The molecule has 2 N–H and O–H groups in total. The van der Waals surface area contributed by atoms with E-state index in [1.165, 1.54) is 0 Å². The first-order valence-corrected chi connectivity index (χ1v) is 8.98. The summed E-state index contributed by atoms with van der Waals surface area (Å²) in [5, 5.41) is 3.51. The summed E-state index contributed by atoms with van der Waals surface area (Å²) in [4.78, 5) is 16.4. The standard InChI is InChI=1S/C20H22N6O2/c1-13-23-11-15(24-13)19-20(26-9-8-21-12-18(26)25-19)22-7-6-14-4-5-16(27-2)17(10-14)28-3/h4-5,8-12,22H,6-7H2,1-3H3,(H,23,24). The monoisotopic (exact) mass is 378 g/mol. The molecular formula is C20H22N6O2. The number of fused-ring (bicyclic) bond motifs is 1. The van der Waals surface area contributed by atoms with Gasteiger partial charge < -0.3 is 19.8 Å². The first kappa shape index (κ1) is 17.8. The number of nitrogens with zero attached hydrogens (tertiary/aromatic N) is 4. The van der Waals surface area contributed by atoms with E-state index in [0.29, 0.717) is 0 Å². The summed E-state index contributed by atoms with van der Waals surface area (Å²) in [6.07, 6.45) is 8.00. The molecule has 0 bridgehead atoms. The van der Waals surface area contributed by atoms with Gasteiger partial charge in [0.2, 0.25) is 0 Å². The molecule has 0 fully saturated rings. The van der Waals surface area contributed by atoms with Gasteiger partial charge in [0.05, 0.1) is 32.3 Å². The van der Waals surface area contributed by atoms with E-state index < -0.39 is 0 Å². The molecule has 1 aromatic carbocycles. The zero-order chi connectivity index (χ0) is 19.5. The Bertz CT molecular complexity index is 1100. The van der Waals surface area contributed by atoms with E-state index in [2.05, 4.69) is 20.3 Å². The van der Waals surface area contributed by atoms with Crippen LogP contribution >= 0.6 is 0 Å². The molecule has 144 valence electrons. The van der Waals surface area contributed by atoms with Gasteiger partial charge >= 0.3 is 0 Å². The van der Waals surface area contributed by atoms with Crippen LogP contribution in [0.2, 0.25) is 0 Å². The van der Waals surface area contributed by atoms with Gasteiger partial charge in [-0.05, 0) is 31.0 Å². The summed E-state index contributed by atoms with van der Waals surface area (Å²) in [7, 11) is 3.28. The van der Waals surface area contributed by atoms with Crippen molar-refractivity contribution in [3.8, 4) is 22.9 Å². The minimum absolute atomic E-state index is 0.727. The van der Waals surface area contributed by atoms with Crippen molar-refractivity contribution in [2.75, 3.05) is 26.1 Å². The van der Waals surface area contributed by atoms with E-state index in [-0.39, 0.29) is 0 Å². The van der Waals surface area contributed by atoms with Gasteiger partial charge in [-0.1, -0.05) is 6.07 Å². The number of anilines is 1. The number of benzene rings is 1. The predicted molar refractivity (Wildman–Crippen MR) is 107 cm³/mol. The van der Waals surface area contributed by atoms with Crippen LogP contribution in [0.15, 0.2) is 43.0 Å². The van der Waals surface area contributed by atoms with E-state index in [0.717, 1.165) is 58.7 Å². The molecule has 0 aliphatic carbocycles. The van der Waals surface area contributed by atoms with Crippen molar-refractivity contribution in [3.63, 3.8) is 0 Å². The highest BCUT2D eigenvalue weighted by Crippen LogP contribution is 2.29. The van der Waals surface area contributed by atoms with Crippen LogP contribution < -0.4 is 14.8 Å². The van der Waals surface area contributed by atoms with E-state index in [9.17, 15) is 0 Å². The fourth-order valence-corrected chi connectivity index (χ4v) is 3.17. The lowest BCUT2D eigenvalue weighted by Crippen LogP contribution is -2.08. The van der Waals surface area contributed by atoms with Crippen LogP contribution in [0.5, 0.6) is 11.5 Å². The molecule has 0 saturated carbocycles. The molecule has 8 nitrogen and oxygen atoms in total. The van der Waals surface area contributed by atoms with Gasteiger partial charge in [0.1, 0.15) is 17.3 Å². The molecule has 8 heteroatoms. The van der Waals surface area contributed by atoms with E-state index in [1.54, 1.807) is 32.8 Å². The van der Waals surface area contributed by atoms with Crippen LogP contribution in [0.1, 0.15) is 11.4 Å². The van der Waals surface area contributed by atoms with Crippen LogP contribution in [0.25, 0.3) is 17.0 Å². The molecule has 4 rings (SSSR count). The van der Waals surface area contributed by atoms with Gasteiger partial charge in [0, 0.05) is 18.9 Å². The number of aryl methyl sites for hydroxylation is 1. The Labute approximate surface area is 162 Å². The highest BCUT2D eigenvalue weighted by Gasteiger charge is 2.15. The number of hydrogen-bond donors (Lipinski definition) is 2. The summed E-state index contributed by atoms with van der Waals surface area (Å²) in [6, 6.07) is 5.96. The molecule has 0 atom stereocenters. The molecule has 0 aliphatic rings. The van der Waals surface area contributed by atoms with Crippen LogP contribution in [-0.2, 0) is 6.42 Å². The molecule has 0 amide bonds. The van der Waals surface area contributed by atoms with Crippen molar-refractivity contribution in [1.82, 2.24) is 24.3 Å². The largest absolute Gasteiger partial charge is 0.493 e. The average molecular weight is 378 g/mol. The Kier molecular flexibility index (Phi) is 4.84. The second-order valence-corrected chi connectivity index (χ2v) is 6.36. The highest BCUT2D eigenvalue weighted by atomic mass is 16.5. The molecule has 0 aliphatic heterocycles. The maximum atomic E-state index is 5.39. The smallest absolute Gasteiger partial charge is 0.160 e. The van der Waals surface area contributed by atoms with Gasteiger partial charge in [-0.15, -0.1) is 0 Å². The van der Waals surface area contributed by atoms with Crippen LogP contribution in [-0.4, -0.2) is 45.1 Å². The number of hydrogen-bond acceptors (Lipinski definition) is 6. The topological polar surface area (TPSA) is 89.4 Å². The molecule has 3 heterocycles. The van der Waals surface area contributed by atoms with Gasteiger partial charge in [-0.2, -0.15) is 0 Å². The first-order valence-electron chi connectivity index (χ1n) is 8.98. The number of aromatic amines is 1. The predicted octanol–water partition coefficient (Wildman–Crippen LogP) is 3.10. The molecule has 3 aromatic heterocycles. The van der Waals surface area contributed by atoms with E-state index in [4.69, 9.17) is 14.5 Å². The fourth-order valence-electron chi connectivity index (χ4n) is 3.17. The number of ether oxygens (including phenoxy) is 2. The highest BCUT2D eigenvalue weighted by molar-refractivity contribution is 5.73. The second kappa shape index (κ2) is 7.59. The van der Waals surface area contributed by atoms with Gasteiger partial charge in [-0.3, -0.25) is 9.38 Å². The van der Waals surface area contributed by atoms with Crippen LogP contribution in [0, 0.1) is 6.92 Å². The maximum Gasteiger partial charge on any atom is 0.160 e. The lowest BCUT2D eigenvalue weighted by Gasteiger charge is -2.11. The zero-order valence-electron chi connectivity index (χ0n) is 16.1. The lowest BCUT2D eigenvalue weighted by atomic mass is 10.1. The summed E-state index contributed by atoms with van der Waals surface area (Å²) in [5.41, 5.74) is 3.62. The summed E-state index contributed by atoms with van der Waals surface area (Å²) < 4.78 is 12.7. The van der Waals surface area contributed by atoms with Crippen molar-refractivity contribution in [2.24, 2.45) is 0 Å². The summed E-state index contributed by atoms with van der Waals surface area (Å²) in [6.45, 7) is 2.65. The second-order valence-electron chi connectivity index (χ2n) is 6.36. The lowest BCUT2D eigenvalue weighted by molar-refractivity contribution is 0.354. The minimum Gasteiger partial charge on any atom is -0.493 e.